The van der Waals surface area contributed by atoms with Gasteiger partial charge in [0.05, 0.1) is 24.9 Å². The molecule has 2 rings (SSSR count). The highest BCUT2D eigenvalue weighted by Crippen LogP contribution is 2.19. The van der Waals surface area contributed by atoms with Gasteiger partial charge in [-0.25, -0.2) is 0 Å². The molecule has 0 atom stereocenters. The molecule has 0 spiro atoms. The van der Waals surface area contributed by atoms with Crippen LogP contribution < -0.4 is 15.4 Å². The van der Waals surface area contributed by atoms with Crippen molar-refractivity contribution in [3.8, 4) is 5.75 Å². The first-order chi connectivity index (χ1) is 8.78. The second kappa shape index (κ2) is 6.35. The van der Waals surface area contributed by atoms with Crippen LogP contribution in [0, 0.1) is 0 Å². The van der Waals surface area contributed by atoms with Crippen LogP contribution in [0.15, 0.2) is 18.3 Å². The Balaban J connectivity index is 1.70. The number of hydrogen-bond acceptors (Lipinski definition) is 4. The van der Waals surface area contributed by atoms with Gasteiger partial charge in [-0.2, -0.15) is 0 Å². The minimum Gasteiger partial charge on any atom is -0.491 e. The summed E-state index contributed by atoms with van der Waals surface area (Å²) in [6, 6.07) is 4.53. The number of amides is 1. The number of ether oxygens (including phenoxy) is 1. The zero-order chi connectivity index (χ0) is 12.8. The molecule has 0 bridgehead atoms. The maximum absolute atomic E-state index is 11.0. The lowest BCUT2D eigenvalue weighted by Crippen LogP contribution is -2.20. The minimum atomic E-state index is -0.0202. The largest absolute Gasteiger partial charge is 0.491 e. The van der Waals surface area contributed by atoms with Crippen LogP contribution in [0.1, 0.15) is 25.0 Å². The van der Waals surface area contributed by atoms with Crippen LogP contribution in [0.2, 0.25) is 0 Å². The van der Waals surface area contributed by atoms with Crippen molar-refractivity contribution in [3.63, 3.8) is 0 Å². The Kier molecular flexibility index (Phi) is 4.52. The van der Waals surface area contributed by atoms with Gasteiger partial charge >= 0.3 is 0 Å². The summed E-state index contributed by atoms with van der Waals surface area (Å²) < 4.78 is 5.43. The van der Waals surface area contributed by atoms with Crippen molar-refractivity contribution in [1.29, 1.82) is 0 Å². The molecule has 1 aliphatic carbocycles. The van der Waals surface area contributed by atoms with E-state index in [9.17, 15) is 4.79 Å². The zero-order valence-electron chi connectivity index (χ0n) is 10.6. The summed E-state index contributed by atoms with van der Waals surface area (Å²) in [5, 5.41) is 5.95. The average Bonchev–Trinajstić information content (AvgIpc) is 3.21. The van der Waals surface area contributed by atoms with Gasteiger partial charge in [0.15, 0.2) is 0 Å². The van der Waals surface area contributed by atoms with Gasteiger partial charge in [0.1, 0.15) is 5.75 Å². The fourth-order valence-corrected chi connectivity index (χ4v) is 1.52. The number of pyridine rings is 1. The molecule has 1 saturated carbocycles. The molecule has 2 N–H and O–H groups in total. The van der Waals surface area contributed by atoms with Crippen LogP contribution in [0.25, 0.3) is 0 Å². The molecule has 18 heavy (non-hydrogen) atoms. The van der Waals surface area contributed by atoms with Gasteiger partial charge in [-0.3, -0.25) is 9.78 Å². The van der Waals surface area contributed by atoms with Crippen molar-refractivity contribution < 1.29 is 9.53 Å². The number of hydrogen-bond donors (Lipinski definition) is 2. The summed E-state index contributed by atoms with van der Waals surface area (Å²) >= 11 is 0. The van der Waals surface area contributed by atoms with E-state index in [2.05, 4.69) is 15.6 Å². The maximum atomic E-state index is 11.0. The van der Waals surface area contributed by atoms with Crippen molar-refractivity contribution >= 4 is 5.91 Å². The highest BCUT2D eigenvalue weighted by atomic mass is 16.5. The molecule has 1 amide bonds. The smallest absolute Gasteiger partial charge is 0.223 e. The molecule has 1 fully saturated rings. The Morgan fingerprint density at radius 1 is 1.50 bits per heavy atom. The quantitative estimate of drug-likeness (QED) is 0.752. The van der Waals surface area contributed by atoms with Crippen LogP contribution in [-0.2, 0) is 11.3 Å². The van der Waals surface area contributed by atoms with E-state index >= 15 is 0 Å². The number of nitrogens with zero attached hydrogens (tertiary/aromatic N) is 1. The lowest BCUT2D eigenvalue weighted by atomic mass is 10.3. The SMILES string of the molecule is CNC(=O)CCOc1ccc(CNC2CC2)nc1. The average molecular weight is 249 g/mol. The van der Waals surface area contributed by atoms with Crippen molar-refractivity contribution in [2.75, 3.05) is 13.7 Å². The first kappa shape index (κ1) is 12.8. The van der Waals surface area contributed by atoms with Crippen LogP contribution in [0.4, 0.5) is 0 Å². The Bertz CT molecular complexity index is 388. The van der Waals surface area contributed by atoms with Crippen LogP contribution in [0.5, 0.6) is 5.75 Å². The summed E-state index contributed by atoms with van der Waals surface area (Å²) in [5.74, 6) is 0.683. The molecular weight excluding hydrogens is 230 g/mol. The van der Waals surface area contributed by atoms with E-state index in [1.807, 2.05) is 12.1 Å². The lowest BCUT2D eigenvalue weighted by Gasteiger charge is -2.06. The number of aromatic nitrogens is 1. The highest BCUT2D eigenvalue weighted by Gasteiger charge is 2.19. The van der Waals surface area contributed by atoms with E-state index in [1.54, 1.807) is 13.2 Å². The molecule has 5 nitrogen and oxygen atoms in total. The normalized spacial score (nSPS) is 14.3. The Labute approximate surface area is 107 Å². The summed E-state index contributed by atoms with van der Waals surface area (Å²) in [7, 11) is 1.62. The zero-order valence-corrected chi connectivity index (χ0v) is 10.6. The topological polar surface area (TPSA) is 63.2 Å². The molecule has 1 aromatic heterocycles. The molecular formula is C13H19N3O2. The summed E-state index contributed by atoms with van der Waals surface area (Å²) in [6.45, 7) is 1.18. The number of carbonyl (C=O) groups excluding carboxylic acids is 1. The molecule has 1 heterocycles. The Morgan fingerprint density at radius 3 is 2.94 bits per heavy atom. The van der Waals surface area contributed by atoms with Gasteiger partial charge in [-0.1, -0.05) is 0 Å². The molecule has 0 radical (unpaired) electrons. The van der Waals surface area contributed by atoms with Gasteiger partial charge in [-0.05, 0) is 25.0 Å². The number of rotatable bonds is 7. The molecule has 98 valence electrons. The number of carbonyl (C=O) groups is 1. The van der Waals surface area contributed by atoms with Crippen molar-refractivity contribution in [3.05, 3.63) is 24.0 Å². The second-order valence-electron chi connectivity index (χ2n) is 4.41. The minimum absolute atomic E-state index is 0.0202. The van der Waals surface area contributed by atoms with Gasteiger partial charge < -0.3 is 15.4 Å². The third kappa shape index (κ3) is 4.33. The molecule has 0 aromatic carbocycles. The van der Waals surface area contributed by atoms with E-state index in [0.29, 0.717) is 24.8 Å². The third-order valence-electron chi connectivity index (χ3n) is 2.82. The molecule has 5 heteroatoms. The standard InChI is InChI=1S/C13H19N3O2/c1-14-13(17)6-7-18-12-5-4-11(16-9-12)8-15-10-2-3-10/h4-5,9-10,15H,2-3,6-8H2,1H3,(H,14,17). The first-order valence-corrected chi connectivity index (χ1v) is 6.29. The van der Waals surface area contributed by atoms with E-state index in [1.165, 1.54) is 12.8 Å². The summed E-state index contributed by atoms with van der Waals surface area (Å²) in [4.78, 5) is 15.3. The summed E-state index contributed by atoms with van der Waals surface area (Å²) in [5.41, 5.74) is 1.01. The third-order valence-corrected chi connectivity index (χ3v) is 2.82. The van der Waals surface area contributed by atoms with Crippen molar-refractivity contribution in [1.82, 2.24) is 15.6 Å². The summed E-state index contributed by atoms with van der Waals surface area (Å²) in [6.07, 6.45) is 4.62. The first-order valence-electron chi connectivity index (χ1n) is 6.29. The van der Waals surface area contributed by atoms with Gasteiger partial charge in [0, 0.05) is 19.6 Å². The van der Waals surface area contributed by atoms with E-state index in [4.69, 9.17) is 4.74 Å². The number of nitrogens with one attached hydrogen (secondary N) is 2. The molecule has 0 saturated heterocycles. The fourth-order valence-electron chi connectivity index (χ4n) is 1.52. The molecule has 0 unspecified atom stereocenters. The molecule has 0 aliphatic heterocycles. The van der Waals surface area contributed by atoms with Crippen molar-refractivity contribution in [2.24, 2.45) is 0 Å². The monoisotopic (exact) mass is 249 g/mol. The van der Waals surface area contributed by atoms with Crippen molar-refractivity contribution in [2.45, 2.75) is 31.8 Å². The van der Waals surface area contributed by atoms with E-state index in [-0.39, 0.29) is 5.91 Å². The molecule has 1 aliphatic rings. The van der Waals surface area contributed by atoms with Crippen LogP contribution in [-0.4, -0.2) is 30.6 Å². The fraction of sp³-hybridized carbons (Fsp3) is 0.538. The van der Waals surface area contributed by atoms with E-state index in [0.717, 1.165) is 12.2 Å². The van der Waals surface area contributed by atoms with E-state index < -0.39 is 0 Å². The Hall–Kier alpha value is -1.62. The predicted molar refractivity (Wildman–Crippen MR) is 68.3 cm³/mol. The van der Waals surface area contributed by atoms with Crippen LogP contribution >= 0.6 is 0 Å². The van der Waals surface area contributed by atoms with Gasteiger partial charge in [0.2, 0.25) is 5.91 Å². The maximum Gasteiger partial charge on any atom is 0.223 e. The van der Waals surface area contributed by atoms with Gasteiger partial charge in [-0.15, -0.1) is 0 Å². The predicted octanol–water partition coefficient (Wildman–Crippen LogP) is 0.848. The second-order valence-corrected chi connectivity index (χ2v) is 4.41. The van der Waals surface area contributed by atoms with Crippen LogP contribution in [0.3, 0.4) is 0 Å². The Morgan fingerprint density at radius 2 is 2.33 bits per heavy atom. The molecule has 1 aromatic rings. The van der Waals surface area contributed by atoms with Gasteiger partial charge in [0.25, 0.3) is 0 Å². The lowest BCUT2D eigenvalue weighted by molar-refractivity contribution is -0.121. The highest BCUT2D eigenvalue weighted by molar-refractivity contribution is 5.75.